The largest absolute Gasteiger partial charge is 0.399 e. The zero-order chi connectivity index (χ0) is 13.4. The van der Waals surface area contributed by atoms with Gasteiger partial charge in [-0.1, -0.05) is 0 Å². The molecule has 0 radical (unpaired) electrons. The van der Waals surface area contributed by atoms with Gasteiger partial charge in [0.1, 0.15) is 0 Å². The fraction of sp³-hybridized carbons (Fsp3) is 0. The summed E-state index contributed by atoms with van der Waals surface area (Å²) in [6.07, 6.45) is 2.99. The normalized spacial score (nSPS) is 10.7. The van der Waals surface area contributed by atoms with Crippen LogP contribution in [0, 0.1) is 0 Å². The van der Waals surface area contributed by atoms with Crippen molar-refractivity contribution in [1.82, 2.24) is 14.5 Å². The van der Waals surface area contributed by atoms with Crippen molar-refractivity contribution in [2.75, 3.05) is 5.73 Å². The molecule has 0 fully saturated rings. The first-order chi connectivity index (χ1) is 9.16. The maximum absolute atomic E-state index is 12.3. The van der Waals surface area contributed by atoms with Crippen molar-refractivity contribution in [3.8, 4) is 0 Å². The van der Waals surface area contributed by atoms with Gasteiger partial charge >= 0.3 is 5.69 Å². The third-order valence-electron chi connectivity index (χ3n) is 2.82. The molecule has 2 heterocycles. The molecule has 3 rings (SSSR count). The van der Waals surface area contributed by atoms with Crippen LogP contribution in [0.5, 0.6) is 0 Å². The average Bonchev–Trinajstić information content (AvgIpc) is 2.74. The summed E-state index contributed by atoms with van der Waals surface area (Å²) in [5, 5.41) is 0. The van der Waals surface area contributed by atoms with Crippen LogP contribution < -0.4 is 11.4 Å². The van der Waals surface area contributed by atoms with Crippen molar-refractivity contribution in [3.63, 3.8) is 0 Å². The summed E-state index contributed by atoms with van der Waals surface area (Å²) in [4.78, 5) is 30.7. The van der Waals surface area contributed by atoms with E-state index in [1.165, 1.54) is 6.20 Å². The molecule has 0 aliphatic carbocycles. The molecule has 6 heteroatoms. The number of aromatic amines is 1. The highest BCUT2D eigenvalue weighted by atomic mass is 16.2. The molecule has 0 aliphatic heterocycles. The van der Waals surface area contributed by atoms with Gasteiger partial charge in [-0.15, -0.1) is 0 Å². The lowest BCUT2D eigenvalue weighted by Crippen LogP contribution is -2.24. The van der Waals surface area contributed by atoms with Gasteiger partial charge < -0.3 is 10.7 Å². The van der Waals surface area contributed by atoms with Crippen LogP contribution >= 0.6 is 0 Å². The Hall–Kier alpha value is -2.89. The van der Waals surface area contributed by atoms with Crippen LogP contribution in [0.4, 0.5) is 5.69 Å². The molecule has 3 N–H and O–H groups in total. The number of carbonyl (C=O) groups excluding carboxylic acids is 1. The third-order valence-corrected chi connectivity index (χ3v) is 2.82. The van der Waals surface area contributed by atoms with E-state index in [-0.39, 0.29) is 0 Å². The molecule has 0 unspecified atom stereocenters. The Labute approximate surface area is 107 Å². The van der Waals surface area contributed by atoms with Gasteiger partial charge in [0.2, 0.25) is 0 Å². The summed E-state index contributed by atoms with van der Waals surface area (Å²) in [7, 11) is 0. The van der Waals surface area contributed by atoms with Gasteiger partial charge in [0.05, 0.1) is 16.6 Å². The molecule has 0 aliphatic rings. The van der Waals surface area contributed by atoms with Gasteiger partial charge in [0, 0.05) is 18.1 Å². The third kappa shape index (κ3) is 1.79. The summed E-state index contributed by atoms with van der Waals surface area (Å²) >= 11 is 0. The fourth-order valence-electron chi connectivity index (χ4n) is 1.95. The number of fused-ring (bicyclic) bond motifs is 1. The van der Waals surface area contributed by atoms with E-state index in [0.29, 0.717) is 22.3 Å². The Kier molecular flexibility index (Phi) is 2.42. The number of anilines is 1. The number of rotatable bonds is 1. The second kappa shape index (κ2) is 4.09. The Balaban J connectivity index is 2.23. The highest BCUT2D eigenvalue weighted by molar-refractivity contribution is 6.01. The van der Waals surface area contributed by atoms with E-state index >= 15 is 0 Å². The second-order valence-corrected chi connectivity index (χ2v) is 4.09. The zero-order valence-electron chi connectivity index (χ0n) is 9.83. The summed E-state index contributed by atoms with van der Waals surface area (Å²) in [6.45, 7) is 0. The molecular formula is C13H10N4O2. The number of nitrogens with one attached hydrogen (secondary N) is 1. The minimum Gasteiger partial charge on any atom is -0.399 e. The van der Waals surface area contributed by atoms with Crippen molar-refractivity contribution >= 4 is 22.6 Å². The molecule has 0 bridgehead atoms. The molecule has 1 aromatic carbocycles. The molecule has 0 saturated heterocycles. The quantitative estimate of drug-likeness (QED) is 0.633. The van der Waals surface area contributed by atoms with Gasteiger partial charge in [0.25, 0.3) is 5.91 Å². The Morgan fingerprint density at radius 1 is 1.32 bits per heavy atom. The summed E-state index contributed by atoms with van der Waals surface area (Å²) in [6, 6.07) is 8.15. The number of carbonyl (C=O) groups is 1. The number of imidazole rings is 1. The number of hydrogen-bond donors (Lipinski definition) is 2. The lowest BCUT2D eigenvalue weighted by atomic mass is 10.2. The first kappa shape index (κ1) is 11.2. The van der Waals surface area contributed by atoms with Crippen LogP contribution in [0.2, 0.25) is 0 Å². The molecule has 0 spiro atoms. The van der Waals surface area contributed by atoms with Crippen LogP contribution in [0.1, 0.15) is 10.4 Å². The van der Waals surface area contributed by atoms with E-state index in [4.69, 9.17) is 5.73 Å². The van der Waals surface area contributed by atoms with Crippen LogP contribution in [0.15, 0.2) is 47.5 Å². The van der Waals surface area contributed by atoms with E-state index in [9.17, 15) is 9.59 Å². The monoisotopic (exact) mass is 254 g/mol. The number of nitrogen functional groups attached to an aromatic ring is 1. The van der Waals surface area contributed by atoms with Gasteiger partial charge in [-0.25, -0.2) is 9.36 Å². The van der Waals surface area contributed by atoms with E-state index in [1.54, 1.807) is 36.5 Å². The fourth-order valence-corrected chi connectivity index (χ4v) is 1.95. The average molecular weight is 254 g/mol. The summed E-state index contributed by atoms with van der Waals surface area (Å²) in [5.41, 5.74) is 7.05. The summed E-state index contributed by atoms with van der Waals surface area (Å²) < 4.78 is 1.08. The number of H-pyrrole nitrogens is 1. The van der Waals surface area contributed by atoms with Crippen LogP contribution in [-0.4, -0.2) is 20.4 Å². The molecular weight excluding hydrogens is 244 g/mol. The molecule has 0 amide bonds. The van der Waals surface area contributed by atoms with Crippen LogP contribution in [0.3, 0.4) is 0 Å². The topological polar surface area (TPSA) is 93.8 Å². The molecule has 19 heavy (non-hydrogen) atoms. The molecule has 94 valence electrons. The first-order valence-electron chi connectivity index (χ1n) is 5.62. The minimum absolute atomic E-state index is 0.349. The number of hydrogen-bond acceptors (Lipinski definition) is 4. The van der Waals surface area contributed by atoms with Gasteiger partial charge in [-0.2, -0.15) is 0 Å². The predicted molar refractivity (Wildman–Crippen MR) is 70.9 cm³/mol. The zero-order valence-corrected chi connectivity index (χ0v) is 9.83. The molecule has 2 aromatic heterocycles. The van der Waals surface area contributed by atoms with E-state index in [2.05, 4.69) is 9.97 Å². The predicted octanol–water partition coefficient (Wildman–Crippen LogP) is 0.995. The smallest absolute Gasteiger partial charge is 0.333 e. The minimum atomic E-state index is -0.491. The number of pyridine rings is 1. The van der Waals surface area contributed by atoms with Crippen LogP contribution in [0.25, 0.3) is 11.0 Å². The first-order valence-corrected chi connectivity index (χ1v) is 5.62. The SMILES string of the molecule is Nc1ccc2c(c1)[nH]c(=O)n2C(=O)c1cccnc1. The molecule has 6 nitrogen and oxygen atoms in total. The maximum atomic E-state index is 12.3. The molecule has 0 saturated carbocycles. The number of nitrogens with two attached hydrogens (primary N) is 1. The standard InChI is InChI=1S/C13H10N4O2/c14-9-3-4-11-10(6-9)16-13(19)17(11)12(18)8-2-1-5-15-7-8/h1-7H,14H2,(H,16,19). The second-order valence-electron chi connectivity index (χ2n) is 4.09. The van der Waals surface area contributed by atoms with Gasteiger partial charge in [-0.05, 0) is 30.3 Å². The van der Waals surface area contributed by atoms with Crippen molar-refractivity contribution < 1.29 is 4.79 Å². The Morgan fingerprint density at radius 2 is 2.16 bits per heavy atom. The number of benzene rings is 1. The number of aromatic nitrogens is 3. The van der Waals surface area contributed by atoms with Crippen molar-refractivity contribution in [2.45, 2.75) is 0 Å². The Morgan fingerprint density at radius 3 is 2.89 bits per heavy atom. The van der Waals surface area contributed by atoms with Gasteiger partial charge in [0.15, 0.2) is 0 Å². The van der Waals surface area contributed by atoms with Crippen molar-refractivity contribution in [2.24, 2.45) is 0 Å². The van der Waals surface area contributed by atoms with Crippen molar-refractivity contribution in [3.05, 3.63) is 58.8 Å². The van der Waals surface area contributed by atoms with E-state index in [1.807, 2.05) is 0 Å². The molecule has 0 atom stereocenters. The van der Waals surface area contributed by atoms with Crippen molar-refractivity contribution in [1.29, 1.82) is 0 Å². The highest BCUT2D eigenvalue weighted by Gasteiger charge is 2.15. The lowest BCUT2D eigenvalue weighted by molar-refractivity contribution is 0.0960. The van der Waals surface area contributed by atoms with Crippen LogP contribution in [-0.2, 0) is 0 Å². The summed E-state index contributed by atoms with van der Waals surface area (Å²) in [5.74, 6) is -0.422. The van der Waals surface area contributed by atoms with E-state index < -0.39 is 11.6 Å². The van der Waals surface area contributed by atoms with E-state index in [0.717, 1.165) is 4.57 Å². The maximum Gasteiger partial charge on any atom is 0.333 e. The lowest BCUT2D eigenvalue weighted by Gasteiger charge is -2.01. The highest BCUT2D eigenvalue weighted by Crippen LogP contribution is 2.15. The number of nitrogens with zero attached hydrogens (tertiary/aromatic N) is 2. The van der Waals surface area contributed by atoms with Gasteiger partial charge in [-0.3, -0.25) is 9.78 Å². The molecule has 3 aromatic rings. The Bertz CT molecular complexity index is 818.